The number of hydrazine groups is 2. The van der Waals surface area contributed by atoms with Crippen molar-refractivity contribution in [2.45, 2.75) is 70.2 Å². The molecule has 0 radical (unpaired) electrons. The van der Waals surface area contributed by atoms with E-state index in [-0.39, 0.29) is 0 Å². The van der Waals surface area contributed by atoms with Crippen molar-refractivity contribution < 1.29 is 0 Å². The van der Waals surface area contributed by atoms with Crippen LogP contribution >= 0.6 is 0 Å². The molecule has 5 atom stereocenters. The van der Waals surface area contributed by atoms with Crippen molar-refractivity contribution >= 4 is 0 Å². The average Bonchev–Trinajstić information content (AvgIpc) is 2.50. The third-order valence-electron chi connectivity index (χ3n) is 5.83. The summed E-state index contributed by atoms with van der Waals surface area (Å²) in [7, 11) is 13.2. The Balaban J connectivity index is 3.26. The molecule has 0 bridgehead atoms. The Morgan fingerprint density at radius 2 is 0.958 bits per heavy atom. The van der Waals surface area contributed by atoms with Gasteiger partial charge in [-0.15, -0.1) is 0 Å². The Morgan fingerprint density at radius 3 is 1.21 bits per heavy atom. The maximum absolute atomic E-state index is 3.57. The average molecular weight is 343 g/mol. The van der Waals surface area contributed by atoms with Crippen LogP contribution in [0.4, 0.5) is 0 Å². The highest BCUT2D eigenvalue weighted by molar-refractivity contribution is 5.02. The smallest absolute Gasteiger partial charge is 0.0440 e. The summed E-state index contributed by atoms with van der Waals surface area (Å²) < 4.78 is 0. The van der Waals surface area contributed by atoms with Gasteiger partial charge in [0.05, 0.1) is 0 Å². The number of hydrogen-bond acceptors (Lipinski definition) is 6. The van der Waals surface area contributed by atoms with Crippen LogP contribution in [0, 0.1) is 5.92 Å². The van der Waals surface area contributed by atoms with Gasteiger partial charge in [0.25, 0.3) is 0 Å². The molecule has 5 unspecified atom stereocenters. The van der Waals surface area contributed by atoms with Gasteiger partial charge in [-0.3, -0.25) is 0 Å². The van der Waals surface area contributed by atoms with Gasteiger partial charge in [-0.25, -0.2) is 10.9 Å². The van der Waals surface area contributed by atoms with Gasteiger partial charge >= 0.3 is 0 Å². The largest absolute Gasteiger partial charge is 0.306 e. The van der Waals surface area contributed by atoms with Crippen molar-refractivity contribution in [3.8, 4) is 0 Å². The van der Waals surface area contributed by atoms with E-state index in [0.717, 1.165) is 19.3 Å². The maximum atomic E-state index is 3.57. The van der Waals surface area contributed by atoms with E-state index in [0.29, 0.717) is 36.1 Å². The lowest BCUT2D eigenvalue weighted by atomic mass is 9.75. The molecule has 1 rings (SSSR count). The Labute approximate surface area is 150 Å². The summed E-state index contributed by atoms with van der Waals surface area (Å²) >= 11 is 0. The lowest BCUT2D eigenvalue weighted by Gasteiger charge is -2.52. The van der Waals surface area contributed by atoms with Crippen LogP contribution in [-0.2, 0) is 0 Å². The molecule has 0 aromatic heterocycles. The van der Waals surface area contributed by atoms with E-state index < -0.39 is 0 Å². The minimum atomic E-state index is 0.401. The third-order valence-corrected chi connectivity index (χ3v) is 5.83. The summed E-state index contributed by atoms with van der Waals surface area (Å²) in [6.45, 7) is 6.90. The van der Waals surface area contributed by atoms with Crippen LogP contribution in [0.1, 0.15) is 40.0 Å². The molecule has 3 N–H and O–H groups in total. The number of nitrogens with one attached hydrogen (secondary N) is 3. The predicted octanol–water partition coefficient (Wildman–Crippen LogP) is 0.973. The number of rotatable bonds is 9. The molecule has 1 aliphatic rings. The van der Waals surface area contributed by atoms with Gasteiger partial charge in [0.15, 0.2) is 0 Å². The third kappa shape index (κ3) is 4.90. The minimum absolute atomic E-state index is 0.401. The highest BCUT2D eigenvalue weighted by atomic mass is 15.6. The molecule has 6 nitrogen and oxygen atoms in total. The van der Waals surface area contributed by atoms with Crippen LogP contribution in [0.3, 0.4) is 0 Å². The molecule has 0 aromatic carbocycles. The summed E-state index contributed by atoms with van der Waals surface area (Å²) in [4.78, 5) is 7.14. The van der Waals surface area contributed by atoms with Gasteiger partial charge in [0, 0.05) is 36.1 Å². The van der Waals surface area contributed by atoms with Crippen molar-refractivity contribution in [2.75, 3.05) is 42.3 Å². The highest BCUT2D eigenvalue weighted by Gasteiger charge is 2.45. The molecule has 24 heavy (non-hydrogen) atoms. The van der Waals surface area contributed by atoms with Crippen molar-refractivity contribution in [3.63, 3.8) is 0 Å². The Morgan fingerprint density at radius 1 is 0.625 bits per heavy atom. The van der Waals surface area contributed by atoms with Gasteiger partial charge in [-0.1, -0.05) is 20.8 Å². The van der Waals surface area contributed by atoms with E-state index in [1.165, 1.54) is 0 Å². The van der Waals surface area contributed by atoms with E-state index in [1.54, 1.807) is 0 Å². The summed E-state index contributed by atoms with van der Waals surface area (Å²) in [5.74, 6) is 0.519. The van der Waals surface area contributed by atoms with E-state index in [4.69, 9.17) is 0 Å². The lowest BCUT2D eigenvalue weighted by Crippen LogP contribution is -2.75. The quantitative estimate of drug-likeness (QED) is 0.580. The molecule has 1 heterocycles. The summed E-state index contributed by atoms with van der Waals surface area (Å²) in [6.07, 6.45) is 3.43. The number of hydrogen-bond donors (Lipinski definition) is 3. The fourth-order valence-electron chi connectivity index (χ4n) is 4.67. The highest BCUT2D eigenvalue weighted by Crippen LogP contribution is 2.30. The Kier molecular flexibility index (Phi) is 9.12. The summed E-state index contributed by atoms with van der Waals surface area (Å²) in [5, 5.41) is 0. The molecule has 1 aliphatic heterocycles. The van der Waals surface area contributed by atoms with Gasteiger partial charge in [-0.2, -0.15) is 5.53 Å². The van der Waals surface area contributed by atoms with Gasteiger partial charge in [0.1, 0.15) is 0 Å². The van der Waals surface area contributed by atoms with E-state index in [1.807, 2.05) is 0 Å². The van der Waals surface area contributed by atoms with Gasteiger partial charge in [0.2, 0.25) is 0 Å². The number of likely N-dealkylation sites (N-methyl/N-ethyl adjacent to an activating group) is 2. The first kappa shape index (κ1) is 21.8. The van der Waals surface area contributed by atoms with Gasteiger partial charge < -0.3 is 14.7 Å². The molecule has 0 saturated carbocycles. The molecular weight excluding hydrogens is 300 g/mol. The SMILES string of the molecule is CCC(C1NNNC(C(CC)N(C)C)C1C(CC)N(C)C)N(C)C. The van der Waals surface area contributed by atoms with Crippen LogP contribution in [0.2, 0.25) is 0 Å². The maximum Gasteiger partial charge on any atom is 0.0440 e. The van der Waals surface area contributed by atoms with E-state index in [9.17, 15) is 0 Å². The second kappa shape index (κ2) is 10.0. The zero-order valence-corrected chi connectivity index (χ0v) is 17.4. The molecule has 144 valence electrons. The summed E-state index contributed by atoms with van der Waals surface area (Å²) in [5.41, 5.74) is 10.4. The van der Waals surface area contributed by atoms with Crippen LogP contribution in [0.5, 0.6) is 0 Å². The Hall–Kier alpha value is -0.240. The van der Waals surface area contributed by atoms with Crippen LogP contribution < -0.4 is 16.4 Å². The van der Waals surface area contributed by atoms with E-state index >= 15 is 0 Å². The second-order valence-corrected chi connectivity index (χ2v) is 7.86. The molecular formula is C18H42N6. The van der Waals surface area contributed by atoms with Crippen molar-refractivity contribution in [1.82, 2.24) is 31.1 Å². The molecule has 0 spiro atoms. The van der Waals surface area contributed by atoms with Crippen LogP contribution in [0.25, 0.3) is 0 Å². The van der Waals surface area contributed by atoms with Gasteiger partial charge in [-0.05, 0) is 61.5 Å². The van der Waals surface area contributed by atoms with Crippen molar-refractivity contribution in [3.05, 3.63) is 0 Å². The second-order valence-electron chi connectivity index (χ2n) is 7.86. The summed E-state index contributed by atoms with van der Waals surface area (Å²) in [6, 6.07) is 2.34. The fraction of sp³-hybridized carbons (Fsp3) is 1.00. The molecule has 6 heteroatoms. The molecule has 0 aliphatic carbocycles. The zero-order valence-electron chi connectivity index (χ0n) is 17.4. The first-order valence-electron chi connectivity index (χ1n) is 9.55. The lowest BCUT2D eigenvalue weighted by molar-refractivity contribution is 0.00488. The Bertz CT molecular complexity index is 322. The monoisotopic (exact) mass is 342 g/mol. The number of nitrogens with zero attached hydrogens (tertiary/aromatic N) is 3. The standard InChI is InChI=1S/C18H42N6/c1-10-13(22(4)5)16-17(14(11-2)23(6)7)19-21-20-18(16)15(12-3)24(8)9/h13-21H,10-12H2,1-9H3. The van der Waals surface area contributed by atoms with E-state index in [2.05, 4.69) is 94.1 Å². The zero-order chi connectivity index (χ0) is 18.4. The first-order chi connectivity index (χ1) is 11.3. The van der Waals surface area contributed by atoms with Crippen LogP contribution in [-0.4, -0.2) is 87.2 Å². The first-order valence-corrected chi connectivity index (χ1v) is 9.55. The topological polar surface area (TPSA) is 45.8 Å². The molecule has 0 amide bonds. The molecule has 1 fully saturated rings. The minimum Gasteiger partial charge on any atom is -0.306 e. The predicted molar refractivity (Wildman–Crippen MR) is 104 cm³/mol. The van der Waals surface area contributed by atoms with Crippen LogP contribution in [0.15, 0.2) is 0 Å². The normalized spacial score (nSPS) is 29.2. The van der Waals surface area contributed by atoms with Crippen molar-refractivity contribution in [1.29, 1.82) is 0 Å². The molecule has 1 saturated heterocycles. The molecule has 0 aromatic rings. The fourth-order valence-corrected chi connectivity index (χ4v) is 4.67. The van der Waals surface area contributed by atoms with Crippen molar-refractivity contribution in [2.24, 2.45) is 5.92 Å².